The van der Waals surface area contributed by atoms with Crippen molar-refractivity contribution in [3.05, 3.63) is 109 Å². The monoisotopic (exact) mass is 887 g/mol. The Balaban J connectivity index is 4.53. The molecule has 0 heterocycles. The molecule has 0 radical (unpaired) electrons. The molecule has 6 nitrogen and oxygen atoms in total. The van der Waals surface area contributed by atoms with Crippen molar-refractivity contribution in [2.75, 3.05) is 13.2 Å². The minimum absolute atomic E-state index is 0.109. The molecule has 0 aliphatic carbocycles. The second-order valence-corrected chi connectivity index (χ2v) is 16.7. The Kier molecular flexibility index (Phi) is 48.5. The molecular formula is C58H94O6. The van der Waals surface area contributed by atoms with Gasteiger partial charge >= 0.3 is 17.9 Å². The molecule has 0 saturated heterocycles. The normalized spacial score (nSPS) is 13.0. The first-order valence-corrected chi connectivity index (χ1v) is 25.9. The van der Waals surface area contributed by atoms with Crippen LogP contribution in [-0.4, -0.2) is 37.2 Å². The second-order valence-electron chi connectivity index (χ2n) is 16.7. The summed E-state index contributed by atoms with van der Waals surface area (Å²) in [5.41, 5.74) is 0. The molecule has 1 unspecified atom stereocenters. The average molecular weight is 887 g/mol. The Bertz CT molecular complexity index is 1340. The topological polar surface area (TPSA) is 78.9 Å². The van der Waals surface area contributed by atoms with E-state index in [0.717, 1.165) is 128 Å². The van der Waals surface area contributed by atoms with Crippen LogP contribution in [0, 0.1) is 0 Å². The third-order valence-corrected chi connectivity index (χ3v) is 10.5. The highest BCUT2D eigenvalue weighted by Gasteiger charge is 2.19. The van der Waals surface area contributed by atoms with Gasteiger partial charge in [0.2, 0.25) is 0 Å². The molecule has 0 fully saturated rings. The van der Waals surface area contributed by atoms with Crippen molar-refractivity contribution in [3.8, 4) is 0 Å². The third-order valence-electron chi connectivity index (χ3n) is 10.5. The van der Waals surface area contributed by atoms with E-state index in [2.05, 4.69) is 130 Å². The van der Waals surface area contributed by atoms with Crippen molar-refractivity contribution in [2.45, 2.75) is 226 Å². The standard InChI is InChI=1S/C58H94O6/c1-4-7-10-13-16-19-22-25-28-29-31-33-36-39-42-45-48-51-57(60)63-54-55(53-62-56(59)50-47-44-41-38-35-32-27-24-21-18-15-12-9-6-3)64-58(61)52-49-46-43-40-37-34-30-26-23-20-17-14-11-8-5-2/h7-8,10-11,16-17,19-20,24-28,30-31,33,37,40,55H,4-6,9,12-15,18,21-23,29,32,34-36,38-39,41-54H2,1-3H3/b10-7-,11-8-,19-16-,20-17-,27-24-,28-25-,30-26-,33-31-,40-37-. The lowest BCUT2D eigenvalue weighted by atomic mass is 10.1. The van der Waals surface area contributed by atoms with E-state index < -0.39 is 6.10 Å². The summed E-state index contributed by atoms with van der Waals surface area (Å²) in [5.74, 6) is -0.989. The minimum atomic E-state index is -0.815. The van der Waals surface area contributed by atoms with E-state index in [4.69, 9.17) is 14.2 Å². The van der Waals surface area contributed by atoms with E-state index >= 15 is 0 Å². The van der Waals surface area contributed by atoms with Crippen LogP contribution in [0.25, 0.3) is 0 Å². The molecule has 0 aromatic carbocycles. The zero-order valence-corrected chi connectivity index (χ0v) is 41.3. The Morgan fingerprint density at radius 3 is 1.00 bits per heavy atom. The summed E-state index contributed by atoms with van der Waals surface area (Å²) in [6, 6.07) is 0. The number of carbonyl (C=O) groups is 3. The summed E-state index contributed by atoms with van der Waals surface area (Å²) in [4.78, 5) is 38.0. The summed E-state index contributed by atoms with van der Waals surface area (Å²) in [5, 5.41) is 0. The molecule has 0 N–H and O–H groups in total. The van der Waals surface area contributed by atoms with Crippen LogP contribution in [0.2, 0.25) is 0 Å². The molecule has 0 aromatic heterocycles. The van der Waals surface area contributed by atoms with Gasteiger partial charge in [-0.25, -0.2) is 0 Å². The molecule has 0 aliphatic heterocycles. The number of hydrogen-bond donors (Lipinski definition) is 0. The van der Waals surface area contributed by atoms with Crippen LogP contribution in [0.4, 0.5) is 0 Å². The lowest BCUT2D eigenvalue weighted by Gasteiger charge is -2.18. The van der Waals surface area contributed by atoms with Gasteiger partial charge in [-0.1, -0.05) is 188 Å². The van der Waals surface area contributed by atoms with Crippen LogP contribution in [0.1, 0.15) is 220 Å². The first kappa shape index (κ1) is 60.1. The Morgan fingerprint density at radius 1 is 0.328 bits per heavy atom. The number of rotatable bonds is 45. The van der Waals surface area contributed by atoms with Crippen molar-refractivity contribution in [1.29, 1.82) is 0 Å². The van der Waals surface area contributed by atoms with Crippen LogP contribution >= 0.6 is 0 Å². The molecule has 0 aromatic rings. The van der Waals surface area contributed by atoms with Gasteiger partial charge in [-0.15, -0.1) is 0 Å². The first-order chi connectivity index (χ1) is 31.5. The van der Waals surface area contributed by atoms with Crippen molar-refractivity contribution in [2.24, 2.45) is 0 Å². The predicted molar refractivity (Wildman–Crippen MR) is 274 cm³/mol. The maximum atomic E-state index is 12.8. The fraction of sp³-hybridized carbons (Fsp3) is 0.638. The maximum Gasteiger partial charge on any atom is 0.306 e. The third kappa shape index (κ3) is 49.1. The van der Waals surface area contributed by atoms with Crippen molar-refractivity contribution < 1.29 is 28.6 Å². The summed E-state index contributed by atoms with van der Waals surface area (Å²) in [6.45, 7) is 6.32. The average Bonchev–Trinajstić information content (AvgIpc) is 3.29. The fourth-order valence-corrected chi connectivity index (χ4v) is 6.65. The molecule has 0 rings (SSSR count). The van der Waals surface area contributed by atoms with Gasteiger partial charge in [-0.3, -0.25) is 14.4 Å². The number of ether oxygens (including phenoxy) is 3. The Morgan fingerprint density at radius 2 is 0.609 bits per heavy atom. The molecule has 0 spiro atoms. The smallest absolute Gasteiger partial charge is 0.306 e. The molecule has 362 valence electrons. The van der Waals surface area contributed by atoms with Gasteiger partial charge < -0.3 is 14.2 Å². The summed E-state index contributed by atoms with van der Waals surface area (Å²) >= 11 is 0. The van der Waals surface area contributed by atoms with E-state index in [1.54, 1.807) is 0 Å². The van der Waals surface area contributed by atoms with Gasteiger partial charge in [0.25, 0.3) is 0 Å². The van der Waals surface area contributed by atoms with Gasteiger partial charge in [0.1, 0.15) is 13.2 Å². The second kappa shape index (κ2) is 51.7. The summed E-state index contributed by atoms with van der Waals surface area (Å²) in [7, 11) is 0. The largest absolute Gasteiger partial charge is 0.462 e. The highest BCUT2D eigenvalue weighted by molar-refractivity contribution is 5.71. The fourth-order valence-electron chi connectivity index (χ4n) is 6.65. The van der Waals surface area contributed by atoms with Crippen molar-refractivity contribution >= 4 is 17.9 Å². The van der Waals surface area contributed by atoms with E-state index in [0.29, 0.717) is 19.3 Å². The van der Waals surface area contributed by atoms with Crippen molar-refractivity contribution in [3.63, 3.8) is 0 Å². The zero-order chi connectivity index (χ0) is 46.5. The van der Waals surface area contributed by atoms with E-state index in [9.17, 15) is 14.4 Å². The number of allylic oxidation sites excluding steroid dienone is 18. The molecule has 1 atom stereocenters. The van der Waals surface area contributed by atoms with Crippen molar-refractivity contribution in [1.82, 2.24) is 0 Å². The van der Waals surface area contributed by atoms with E-state index in [-0.39, 0.29) is 37.5 Å². The maximum absolute atomic E-state index is 12.8. The number of hydrogen-bond acceptors (Lipinski definition) is 6. The molecular weight excluding hydrogens is 793 g/mol. The molecule has 6 heteroatoms. The van der Waals surface area contributed by atoms with Crippen LogP contribution in [0.5, 0.6) is 0 Å². The highest BCUT2D eigenvalue weighted by Crippen LogP contribution is 2.12. The van der Waals surface area contributed by atoms with Crippen LogP contribution in [0.3, 0.4) is 0 Å². The van der Waals surface area contributed by atoms with E-state index in [1.807, 2.05) is 0 Å². The molecule has 0 bridgehead atoms. The number of unbranched alkanes of at least 4 members (excludes halogenated alkanes) is 16. The molecule has 0 saturated carbocycles. The number of carbonyl (C=O) groups excluding carboxylic acids is 3. The Labute approximate surface area is 393 Å². The zero-order valence-electron chi connectivity index (χ0n) is 41.3. The van der Waals surface area contributed by atoms with Gasteiger partial charge in [-0.2, -0.15) is 0 Å². The van der Waals surface area contributed by atoms with Crippen LogP contribution in [0.15, 0.2) is 109 Å². The highest BCUT2D eigenvalue weighted by atomic mass is 16.6. The SMILES string of the molecule is CC/C=C\C/C=C\C/C=C\C/C=C\CCCCCCC(=O)OCC(COC(=O)CCCCCCC/C=C\CCCCCCC)OC(=O)CCCC/C=C\C/C=C\C/C=C\C/C=C\CC. The number of esters is 3. The van der Waals surface area contributed by atoms with Crippen LogP contribution in [-0.2, 0) is 28.6 Å². The lowest BCUT2D eigenvalue weighted by molar-refractivity contribution is -0.167. The quantitative estimate of drug-likeness (QED) is 0.0262. The van der Waals surface area contributed by atoms with Crippen LogP contribution < -0.4 is 0 Å². The van der Waals surface area contributed by atoms with Gasteiger partial charge in [0.15, 0.2) is 6.10 Å². The molecule has 0 aliphatic rings. The first-order valence-electron chi connectivity index (χ1n) is 25.9. The van der Waals surface area contributed by atoms with Gasteiger partial charge in [0, 0.05) is 19.3 Å². The van der Waals surface area contributed by atoms with E-state index in [1.165, 1.54) is 44.9 Å². The summed E-state index contributed by atoms with van der Waals surface area (Å²) in [6.07, 6.45) is 69.3. The Hall–Kier alpha value is -3.93. The summed E-state index contributed by atoms with van der Waals surface area (Å²) < 4.78 is 16.7. The predicted octanol–water partition coefficient (Wildman–Crippen LogP) is 17.1. The molecule has 0 amide bonds. The minimum Gasteiger partial charge on any atom is -0.462 e. The van der Waals surface area contributed by atoms with Gasteiger partial charge in [-0.05, 0) is 122 Å². The van der Waals surface area contributed by atoms with Gasteiger partial charge in [0.05, 0.1) is 0 Å². The molecule has 64 heavy (non-hydrogen) atoms. The lowest BCUT2D eigenvalue weighted by Crippen LogP contribution is -2.30.